The molecule has 2 aliphatic rings. The SMILES string of the molecule is CC(C)c1nc(SCC(=O)N2CCCCCC2)c2c3c(sc2n1)CCCC3. The number of hydrogen-bond acceptors (Lipinski definition) is 5. The number of likely N-dealkylation sites (tertiary alicyclic amines) is 1. The lowest BCUT2D eigenvalue weighted by molar-refractivity contribution is -0.128. The summed E-state index contributed by atoms with van der Waals surface area (Å²) < 4.78 is 0. The lowest BCUT2D eigenvalue weighted by Gasteiger charge is -2.20. The van der Waals surface area contributed by atoms with Gasteiger partial charge in [-0.25, -0.2) is 9.97 Å². The molecular weight excluding hydrogens is 374 g/mol. The minimum atomic E-state index is 0.267. The third-order valence-corrected chi connectivity index (χ3v) is 7.75. The predicted octanol–water partition coefficient (Wildman–Crippen LogP) is 5.19. The molecular formula is C21H29N3OS2. The van der Waals surface area contributed by atoms with Crippen molar-refractivity contribution in [1.82, 2.24) is 14.9 Å². The van der Waals surface area contributed by atoms with Crippen LogP contribution in [-0.2, 0) is 17.6 Å². The van der Waals surface area contributed by atoms with Crippen molar-refractivity contribution in [1.29, 1.82) is 0 Å². The zero-order chi connectivity index (χ0) is 18.8. The fourth-order valence-electron chi connectivity index (χ4n) is 4.04. The van der Waals surface area contributed by atoms with Gasteiger partial charge in [0.1, 0.15) is 15.7 Å². The summed E-state index contributed by atoms with van der Waals surface area (Å²) >= 11 is 3.48. The van der Waals surface area contributed by atoms with Crippen molar-refractivity contribution >= 4 is 39.2 Å². The van der Waals surface area contributed by atoms with E-state index >= 15 is 0 Å². The number of aryl methyl sites for hydroxylation is 2. The number of carbonyl (C=O) groups is 1. The Kier molecular flexibility index (Phi) is 6.02. The topological polar surface area (TPSA) is 46.1 Å². The Labute approximate surface area is 170 Å². The highest BCUT2D eigenvalue weighted by Crippen LogP contribution is 2.40. The van der Waals surface area contributed by atoms with Gasteiger partial charge in [-0.05, 0) is 44.1 Å². The predicted molar refractivity (Wildman–Crippen MR) is 114 cm³/mol. The van der Waals surface area contributed by atoms with Crippen molar-refractivity contribution in [2.75, 3.05) is 18.8 Å². The van der Waals surface area contributed by atoms with Crippen LogP contribution in [-0.4, -0.2) is 39.6 Å². The maximum absolute atomic E-state index is 12.8. The van der Waals surface area contributed by atoms with Crippen LogP contribution < -0.4 is 0 Å². The van der Waals surface area contributed by atoms with Crippen molar-refractivity contribution in [3.8, 4) is 0 Å². The average Bonchev–Trinajstić information content (AvgIpc) is 2.84. The number of carbonyl (C=O) groups excluding carboxylic acids is 1. The third-order valence-electron chi connectivity index (χ3n) is 5.61. The first-order valence-corrected chi connectivity index (χ1v) is 12.2. The molecule has 0 unspecified atom stereocenters. The summed E-state index contributed by atoms with van der Waals surface area (Å²) in [5.41, 5.74) is 1.46. The Hall–Kier alpha value is -1.14. The van der Waals surface area contributed by atoms with Gasteiger partial charge in [-0.2, -0.15) is 0 Å². The van der Waals surface area contributed by atoms with Crippen molar-refractivity contribution in [3.05, 3.63) is 16.3 Å². The summed E-state index contributed by atoms with van der Waals surface area (Å²) in [5.74, 6) is 1.97. The molecule has 2 aromatic rings. The molecule has 0 N–H and O–H groups in total. The molecule has 1 saturated heterocycles. The third kappa shape index (κ3) is 4.16. The zero-order valence-electron chi connectivity index (χ0n) is 16.4. The molecule has 1 fully saturated rings. The van der Waals surface area contributed by atoms with Gasteiger partial charge in [-0.15, -0.1) is 11.3 Å². The molecule has 4 nitrogen and oxygen atoms in total. The van der Waals surface area contributed by atoms with E-state index in [4.69, 9.17) is 9.97 Å². The Morgan fingerprint density at radius 1 is 1.07 bits per heavy atom. The second-order valence-electron chi connectivity index (χ2n) is 8.02. The van der Waals surface area contributed by atoms with Crippen LogP contribution in [0.1, 0.15) is 74.6 Å². The summed E-state index contributed by atoms with van der Waals surface area (Å²) in [6, 6.07) is 0. The van der Waals surface area contributed by atoms with E-state index in [0.29, 0.717) is 11.7 Å². The molecule has 1 aliphatic carbocycles. The first-order valence-electron chi connectivity index (χ1n) is 10.4. The molecule has 1 aliphatic heterocycles. The van der Waals surface area contributed by atoms with Crippen molar-refractivity contribution in [2.45, 2.75) is 76.2 Å². The van der Waals surface area contributed by atoms with Gasteiger partial charge < -0.3 is 4.90 Å². The maximum Gasteiger partial charge on any atom is 0.232 e. The number of rotatable bonds is 4. The smallest absolute Gasteiger partial charge is 0.232 e. The second kappa shape index (κ2) is 8.48. The minimum Gasteiger partial charge on any atom is -0.342 e. The summed E-state index contributed by atoms with van der Waals surface area (Å²) in [7, 11) is 0. The highest BCUT2D eigenvalue weighted by atomic mass is 32.2. The highest BCUT2D eigenvalue weighted by Gasteiger charge is 2.23. The highest BCUT2D eigenvalue weighted by molar-refractivity contribution is 8.00. The van der Waals surface area contributed by atoms with Crippen LogP contribution >= 0.6 is 23.1 Å². The first-order chi connectivity index (χ1) is 13.1. The summed E-state index contributed by atoms with van der Waals surface area (Å²) in [4.78, 5) is 27.2. The fraction of sp³-hybridized carbons (Fsp3) is 0.667. The first kappa shape index (κ1) is 19.2. The van der Waals surface area contributed by atoms with Gasteiger partial charge in [0.15, 0.2) is 0 Å². The number of thiophene rings is 1. The number of thioether (sulfide) groups is 1. The number of nitrogens with zero attached hydrogens (tertiary/aromatic N) is 3. The van der Waals surface area contributed by atoms with Crippen LogP contribution in [0.25, 0.3) is 10.2 Å². The summed E-state index contributed by atoms with van der Waals surface area (Å²) in [5, 5.41) is 2.28. The maximum atomic E-state index is 12.8. The molecule has 0 atom stereocenters. The van der Waals surface area contributed by atoms with Gasteiger partial charge in [0, 0.05) is 29.3 Å². The van der Waals surface area contributed by atoms with Gasteiger partial charge in [0.25, 0.3) is 0 Å². The lowest BCUT2D eigenvalue weighted by atomic mass is 9.97. The molecule has 1 amide bonds. The van der Waals surface area contributed by atoms with Gasteiger partial charge in [-0.3, -0.25) is 4.79 Å². The summed E-state index contributed by atoms with van der Waals surface area (Å²) in [6.07, 6.45) is 9.62. The molecule has 146 valence electrons. The molecule has 27 heavy (non-hydrogen) atoms. The van der Waals surface area contributed by atoms with E-state index in [-0.39, 0.29) is 5.91 Å². The van der Waals surface area contributed by atoms with E-state index in [1.807, 2.05) is 11.3 Å². The van der Waals surface area contributed by atoms with Gasteiger partial charge in [0.2, 0.25) is 5.91 Å². The zero-order valence-corrected chi connectivity index (χ0v) is 18.1. The average molecular weight is 404 g/mol. The molecule has 3 heterocycles. The Bertz CT molecular complexity index is 822. The van der Waals surface area contributed by atoms with Crippen molar-refractivity contribution in [2.24, 2.45) is 0 Å². The van der Waals surface area contributed by atoms with E-state index in [0.717, 1.165) is 48.0 Å². The Morgan fingerprint density at radius 2 is 1.81 bits per heavy atom. The molecule has 0 radical (unpaired) electrons. The number of aromatic nitrogens is 2. The van der Waals surface area contributed by atoms with Crippen LogP contribution in [0.2, 0.25) is 0 Å². The van der Waals surface area contributed by atoms with E-state index in [9.17, 15) is 4.79 Å². The van der Waals surface area contributed by atoms with E-state index in [2.05, 4.69) is 18.7 Å². The fourth-order valence-corrected chi connectivity index (χ4v) is 6.34. The molecule has 0 saturated carbocycles. The van der Waals surface area contributed by atoms with E-state index in [1.165, 1.54) is 47.9 Å². The molecule has 0 bridgehead atoms. The number of fused-ring (bicyclic) bond motifs is 3. The van der Waals surface area contributed by atoms with Gasteiger partial charge in [0.05, 0.1) is 5.75 Å². The monoisotopic (exact) mass is 403 g/mol. The van der Waals surface area contributed by atoms with Crippen LogP contribution in [0.4, 0.5) is 0 Å². The van der Waals surface area contributed by atoms with Crippen molar-refractivity contribution < 1.29 is 4.79 Å². The molecule has 0 spiro atoms. The van der Waals surface area contributed by atoms with Crippen LogP contribution in [0.5, 0.6) is 0 Å². The summed E-state index contributed by atoms with van der Waals surface area (Å²) in [6.45, 7) is 6.13. The Balaban J connectivity index is 1.61. The van der Waals surface area contributed by atoms with Crippen molar-refractivity contribution in [3.63, 3.8) is 0 Å². The van der Waals surface area contributed by atoms with Crippen LogP contribution in [0, 0.1) is 0 Å². The van der Waals surface area contributed by atoms with Crippen LogP contribution in [0.3, 0.4) is 0 Å². The second-order valence-corrected chi connectivity index (χ2v) is 10.1. The van der Waals surface area contributed by atoms with Gasteiger partial charge in [-0.1, -0.05) is 38.5 Å². The standard InChI is InChI=1S/C21H29N3OS2/c1-14(2)19-22-20(26-13-17(25)24-11-7-3-4-8-12-24)18-15-9-5-6-10-16(15)27-21(18)23-19/h14H,3-13H2,1-2H3. The minimum absolute atomic E-state index is 0.267. The number of hydrogen-bond donors (Lipinski definition) is 0. The van der Waals surface area contributed by atoms with Crippen LogP contribution in [0.15, 0.2) is 5.03 Å². The Morgan fingerprint density at radius 3 is 2.56 bits per heavy atom. The van der Waals surface area contributed by atoms with Gasteiger partial charge >= 0.3 is 0 Å². The molecule has 0 aromatic carbocycles. The molecule has 6 heteroatoms. The normalized spacial score (nSPS) is 18.0. The largest absolute Gasteiger partial charge is 0.342 e. The van der Waals surface area contributed by atoms with E-state index in [1.54, 1.807) is 11.8 Å². The quantitative estimate of drug-likeness (QED) is 0.521. The molecule has 4 rings (SSSR count). The molecule has 2 aromatic heterocycles. The van der Waals surface area contributed by atoms with E-state index < -0.39 is 0 Å². The lowest BCUT2D eigenvalue weighted by Crippen LogP contribution is -2.33. The number of amides is 1.